The van der Waals surface area contributed by atoms with E-state index in [1.165, 1.54) is 47.7 Å². The van der Waals surface area contributed by atoms with Crippen LogP contribution in [0.15, 0.2) is 22.7 Å². The van der Waals surface area contributed by atoms with E-state index < -0.39 is 0 Å². The van der Waals surface area contributed by atoms with Gasteiger partial charge in [0.05, 0.1) is 0 Å². The summed E-state index contributed by atoms with van der Waals surface area (Å²) in [6.45, 7) is 3.20. The van der Waals surface area contributed by atoms with Crippen molar-refractivity contribution in [1.82, 2.24) is 5.32 Å². The molecule has 2 heteroatoms. The first-order chi connectivity index (χ1) is 7.75. The van der Waals surface area contributed by atoms with E-state index in [9.17, 15) is 0 Å². The van der Waals surface area contributed by atoms with Gasteiger partial charge in [-0.3, -0.25) is 0 Å². The maximum absolute atomic E-state index is 3.68. The van der Waals surface area contributed by atoms with Crippen molar-refractivity contribution in [2.75, 3.05) is 0 Å². The fourth-order valence-electron chi connectivity index (χ4n) is 2.42. The first-order valence-corrected chi connectivity index (χ1v) is 7.03. The highest BCUT2D eigenvalue weighted by Crippen LogP contribution is 2.19. The van der Waals surface area contributed by atoms with E-state index in [0.717, 1.165) is 12.6 Å². The van der Waals surface area contributed by atoms with Crippen molar-refractivity contribution < 1.29 is 0 Å². The van der Waals surface area contributed by atoms with Gasteiger partial charge >= 0.3 is 0 Å². The lowest BCUT2D eigenvalue weighted by atomic mass is 9.95. The maximum Gasteiger partial charge on any atom is 0.0210 e. The average molecular weight is 282 g/mol. The smallest absolute Gasteiger partial charge is 0.0210 e. The van der Waals surface area contributed by atoms with Gasteiger partial charge in [0.2, 0.25) is 0 Å². The lowest BCUT2D eigenvalue weighted by molar-refractivity contribution is 0.372. The monoisotopic (exact) mass is 281 g/mol. The molecule has 1 nitrogen and oxygen atoms in total. The molecule has 1 aromatic rings. The van der Waals surface area contributed by atoms with Crippen molar-refractivity contribution in [2.45, 2.75) is 51.6 Å². The third-order valence-corrected chi connectivity index (χ3v) is 3.98. The predicted molar refractivity (Wildman–Crippen MR) is 72.6 cm³/mol. The first-order valence-electron chi connectivity index (χ1n) is 6.24. The van der Waals surface area contributed by atoms with Gasteiger partial charge in [-0.2, -0.15) is 0 Å². The second kappa shape index (κ2) is 5.83. The molecule has 0 radical (unpaired) electrons. The van der Waals surface area contributed by atoms with Gasteiger partial charge in [0.1, 0.15) is 0 Å². The number of nitrogens with one attached hydrogen (secondary N) is 1. The molecule has 0 aromatic heterocycles. The minimum Gasteiger partial charge on any atom is -0.310 e. The van der Waals surface area contributed by atoms with Crippen molar-refractivity contribution >= 4 is 15.9 Å². The highest BCUT2D eigenvalue weighted by Gasteiger charge is 2.12. The summed E-state index contributed by atoms with van der Waals surface area (Å²) in [5, 5.41) is 3.68. The highest BCUT2D eigenvalue weighted by molar-refractivity contribution is 9.10. The van der Waals surface area contributed by atoms with Crippen LogP contribution in [0, 0.1) is 6.92 Å². The van der Waals surface area contributed by atoms with Crippen molar-refractivity contribution in [3.63, 3.8) is 0 Å². The zero-order valence-electron chi connectivity index (χ0n) is 9.93. The Labute approximate surface area is 107 Å². The Hall–Kier alpha value is -0.340. The molecule has 0 atom stereocenters. The van der Waals surface area contributed by atoms with Crippen LogP contribution in [0.1, 0.15) is 43.2 Å². The molecule has 0 bridgehead atoms. The fourth-order valence-corrected chi connectivity index (χ4v) is 2.89. The van der Waals surface area contributed by atoms with E-state index in [2.05, 4.69) is 46.4 Å². The van der Waals surface area contributed by atoms with Crippen LogP contribution in [0.4, 0.5) is 0 Å². The molecule has 2 rings (SSSR count). The SMILES string of the molecule is Cc1cc(Br)ccc1CNC1CCCCC1. The van der Waals surface area contributed by atoms with Gasteiger partial charge in [-0.25, -0.2) is 0 Å². The van der Waals surface area contributed by atoms with Gasteiger partial charge in [-0.1, -0.05) is 41.3 Å². The lowest BCUT2D eigenvalue weighted by Crippen LogP contribution is -2.30. The average Bonchev–Trinajstić information content (AvgIpc) is 2.29. The van der Waals surface area contributed by atoms with E-state index in [1.807, 2.05) is 0 Å². The van der Waals surface area contributed by atoms with Crippen molar-refractivity contribution in [3.05, 3.63) is 33.8 Å². The Morgan fingerprint density at radius 3 is 2.69 bits per heavy atom. The van der Waals surface area contributed by atoms with E-state index in [0.29, 0.717) is 0 Å². The molecule has 0 heterocycles. The number of halogens is 1. The van der Waals surface area contributed by atoms with Crippen LogP contribution in [0.2, 0.25) is 0 Å². The molecule has 1 N–H and O–H groups in total. The number of rotatable bonds is 3. The summed E-state index contributed by atoms with van der Waals surface area (Å²) in [7, 11) is 0. The molecule has 0 spiro atoms. The summed E-state index contributed by atoms with van der Waals surface area (Å²) < 4.78 is 1.17. The van der Waals surface area contributed by atoms with Crippen LogP contribution >= 0.6 is 15.9 Å². The third kappa shape index (κ3) is 3.33. The fraction of sp³-hybridized carbons (Fsp3) is 0.571. The number of hydrogen-bond donors (Lipinski definition) is 1. The van der Waals surface area contributed by atoms with E-state index >= 15 is 0 Å². The van der Waals surface area contributed by atoms with Crippen LogP contribution in [-0.2, 0) is 6.54 Å². The minimum absolute atomic E-state index is 0.747. The standard InChI is InChI=1S/C14H20BrN/c1-11-9-13(15)8-7-12(11)10-16-14-5-3-2-4-6-14/h7-9,14,16H,2-6,10H2,1H3. The summed E-state index contributed by atoms with van der Waals surface area (Å²) in [5.74, 6) is 0. The lowest BCUT2D eigenvalue weighted by Gasteiger charge is -2.23. The topological polar surface area (TPSA) is 12.0 Å². The summed E-state index contributed by atoms with van der Waals surface area (Å²) in [6.07, 6.45) is 6.94. The molecule has 1 aromatic carbocycles. The van der Waals surface area contributed by atoms with Crippen molar-refractivity contribution in [3.8, 4) is 0 Å². The summed E-state index contributed by atoms with van der Waals surface area (Å²) in [5.41, 5.74) is 2.80. The van der Waals surface area contributed by atoms with E-state index in [1.54, 1.807) is 0 Å². The zero-order chi connectivity index (χ0) is 11.4. The maximum atomic E-state index is 3.68. The van der Waals surface area contributed by atoms with Gasteiger partial charge in [0.25, 0.3) is 0 Å². The van der Waals surface area contributed by atoms with E-state index in [4.69, 9.17) is 0 Å². The molecule has 0 amide bonds. The molecule has 1 aliphatic rings. The van der Waals surface area contributed by atoms with Crippen LogP contribution in [0.5, 0.6) is 0 Å². The molecule has 1 aliphatic carbocycles. The normalized spacial score (nSPS) is 17.6. The largest absolute Gasteiger partial charge is 0.310 e. The zero-order valence-corrected chi connectivity index (χ0v) is 11.5. The summed E-state index contributed by atoms with van der Waals surface area (Å²) in [4.78, 5) is 0. The van der Waals surface area contributed by atoms with Crippen LogP contribution in [0.25, 0.3) is 0 Å². The third-order valence-electron chi connectivity index (χ3n) is 3.49. The Balaban J connectivity index is 1.88. The number of benzene rings is 1. The van der Waals surface area contributed by atoms with Gasteiger partial charge in [0, 0.05) is 17.1 Å². The summed E-state index contributed by atoms with van der Waals surface area (Å²) >= 11 is 3.50. The molecular weight excluding hydrogens is 262 g/mol. The number of hydrogen-bond acceptors (Lipinski definition) is 1. The minimum atomic E-state index is 0.747. The van der Waals surface area contributed by atoms with Gasteiger partial charge in [0.15, 0.2) is 0 Å². The van der Waals surface area contributed by atoms with Gasteiger partial charge in [-0.15, -0.1) is 0 Å². The quantitative estimate of drug-likeness (QED) is 0.877. The number of aryl methyl sites for hydroxylation is 1. The second-order valence-corrected chi connectivity index (χ2v) is 5.70. The molecule has 1 saturated carbocycles. The highest BCUT2D eigenvalue weighted by atomic mass is 79.9. The van der Waals surface area contributed by atoms with Gasteiger partial charge < -0.3 is 5.32 Å². The first kappa shape index (κ1) is 12.1. The van der Waals surface area contributed by atoms with Crippen LogP contribution in [0.3, 0.4) is 0 Å². The molecule has 0 unspecified atom stereocenters. The van der Waals surface area contributed by atoms with Crippen molar-refractivity contribution in [2.24, 2.45) is 0 Å². The van der Waals surface area contributed by atoms with Crippen molar-refractivity contribution in [1.29, 1.82) is 0 Å². The predicted octanol–water partition coefficient (Wildman–Crippen LogP) is 4.18. The second-order valence-electron chi connectivity index (χ2n) is 4.79. The molecule has 0 aliphatic heterocycles. The van der Waals surface area contributed by atoms with Crippen LogP contribution < -0.4 is 5.32 Å². The molecule has 88 valence electrons. The Morgan fingerprint density at radius 2 is 2.00 bits per heavy atom. The summed E-state index contributed by atoms with van der Waals surface area (Å²) in [6, 6.07) is 7.29. The Morgan fingerprint density at radius 1 is 1.25 bits per heavy atom. The molecule has 1 fully saturated rings. The molecule has 0 saturated heterocycles. The molecule has 16 heavy (non-hydrogen) atoms. The van der Waals surface area contributed by atoms with Gasteiger partial charge in [-0.05, 0) is 43.0 Å². The Kier molecular flexibility index (Phi) is 4.42. The molecular formula is C14H20BrN. The van der Waals surface area contributed by atoms with E-state index in [-0.39, 0.29) is 0 Å². The van der Waals surface area contributed by atoms with Crippen LogP contribution in [-0.4, -0.2) is 6.04 Å². The Bertz CT molecular complexity index is 343.